The summed E-state index contributed by atoms with van der Waals surface area (Å²) in [7, 11) is 3.81. The second-order valence-corrected chi connectivity index (χ2v) is 15.0. The van der Waals surface area contributed by atoms with Crippen LogP contribution in [0.3, 0.4) is 0 Å². The normalized spacial score (nSPS) is 24.8. The largest absolute Gasteiger partial charge is 0.496 e. The summed E-state index contributed by atoms with van der Waals surface area (Å²) in [5, 5.41) is 4.63. The molecule has 4 fully saturated rings. The number of amides is 2. The van der Waals surface area contributed by atoms with Crippen molar-refractivity contribution in [3.05, 3.63) is 66.0 Å². The number of carbonyl (C=O) groups excluding carboxylic acids is 2. The minimum Gasteiger partial charge on any atom is -0.496 e. The second-order valence-electron chi connectivity index (χ2n) is 15.0. The maximum atomic E-state index is 14.5. The predicted molar refractivity (Wildman–Crippen MR) is 192 cm³/mol. The van der Waals surface area contributed by atoms with Crippen LogP contribution in [0.15, 0.2) is 54.9 Å². The van der Waals surface area contributed by atoms with Gasteiger partial charge in [0.05, 0.1) is 19.3 Å². The number of nitrogens with zero attached hydrogens (tertiary/aromatic N) is 5. The molecule has 2 aromatic carbocycles. The van der Waals surface area contributed by atoms with E-state index in [1.165, 1.54) is 24.0 Å². The van der Waals surface area contributed by atoms with Crippen LogP contribution in [-0.2, 0) is 9.53 Å². The third-order valence-electron chi connectivity index (χ3n) is 11.5. The lowest BCUT2D eigenvalue weighted by molar-refractivity contribution is -0.124. The average Bonchev–Trinajstić information content (AvgIpc) is 3.86. The Morgan fingerprint density at radius 3 is 2.33 bits per heavy atom. The molecule has 3 aliphatic carbocycles. The summed E-state index contributed by atoms with van der Waals surface area (Å²) >= 11 is 0. The van der Waals surface area contributed by atoms with E-state index in [4.69, 9.17) is 9.47 Å². The predicted octanol–water partition coefficient (Wildman–Crippen LogP) is 7.45. The van der Waals surface area contributed by atoms with Crippen LogP contribution in [-0.4, -0.2) is 84.6 Å². The van der Waals surface area contributed by atoms with Gasteiger partial charge in [0.1, 0.15) is 11.9 Å². The SMILES string of the molecule is COc1ccc([C@H]2CC[C@H](CN(c3cccc(-c4cnn(C5CC5)c4)c3)C(=O)[C@H]3CC[C@H](OC(=O)N4CCN(C)CC4)CC3)CC2)cc1C. The quantitative estimate of drug-likeness (QED) is 0.236. The number of likely N-dealkylation sites (N-methyl/N-ethyl adjacent to an activating group) is 1. The third kappa shape index (κ3) is 7.98. The lowest BCUT2D eigenvalue weighted by atomic mass is 9.78. The first-order chi connectivity index (χ1) is 23.8. The first kappa shape index (κ1) is 33.6. The van der Waals surface area contributed by atoms with Crippen molar-refractivity contribution in [1.29, 1.82) is 0 Å². The van der Waals surface area contributed by atoms with E-state index in [2.05, 4.69) is 82.2 Å². The number of aryl methyl sites for hydroxylation is 1. The lowest BCUT2D eigenvalue weighted by Crippen LogP contribution is -2.48. The minimum atomic E-state index is -0.202. The zero-order valence-corrected chi connectivity index (χ0v) is 29.6. The summed E-state index contributed by atoms with van der Waals surface area (Å²) in [6.45, 7) is 6.02. The van der Waals surface area contributed by atoms with Crippen LogP contribution in [0.5, 0.6) is 5.75 Å². The lowest BCUT2D eigenvalue weighted by Gasteiger charge is -2.37. The Balaban J connectivity index is 1.03. The van der Waals surface area contributed by atoms with Crippen LogP contribution in [0.4, 0.5) is 10.5 Å². The van der Waals surface area contributed by atoms with Crippen molar-refractivity contribution >= 4 is 17.7 Å². The number of methoxy groups -OCH3 is 1. The Labute approximate surface area is 291 Å². The molecule has 0 radical (unpaired) electrons. The van der Waals surface area contributed by atoms with Gasteiger partial charge in [0.2, 0.25) is 5.91 Å². The molecule has 1 aromatic heterocycles. The molecule has 0 unspecified atom stereocenters. The Kier molecular flexibility index (Phi) is 10.3. The summed E-state index contributed by atoms with van der Waals surface area (Å²) in [5.74, 6) is 2.07. The van der Waals surface area contributed by atoms with Gasteiger partial charge in [-0.15, -0.1) is 0 Å². The third-order valence-corrected chi connectivity index (χ3v) is 11.5. The van der Waals surface area contributed by atoms with E-state index in [1.54, 1.807) is 7.11 Å². The van der Waals surface area contributed by atoms with Crippen molar-refractivity contribution < 1.29 is 19.1 Å². The molecule has 0 N–H and O–H groups in total. The fourth-order valence-electron chi connectivity index (χ4n) is 8.15. The highest BCUT2D eigenvalue weighted by atomic mass is 16.6. The molecular weight excluding hydrogens is 614 g/mol. The Morgan fingerprint density at radius 1 is 0.878 bits per heavy atom. The highest BCUT2D eigenvalue weighted by molar-refractivity contribution is 5.95. The molecule has 7 rings (SSSR count). The van der Waals surface area contributed by atoms with Crippen LogP contribution in [0.1, 0.15) is 87.3 Å². The number of hydrogen-bond donors (Lipinski definition) is 0. The van der Waals surface area contributed by atoms with Gasteiger partial charge in [-0.05, 0) is 125 Å². The van der Waals surface area contributed by atoms with Crippen LogP contribution < -0.4 is 9.64 Å². The first-order valence-electron chi connectivity index (χ1n) is 18.6. The van der Waals surface area contributed by atoms with Gasteiger partial charge in [-0.1, -0.05) is 24.3 Å². The molecule has 49 heavy (non-hydrogen) atoms. The maximum absolute atomic E-state index is 14.5. The number of anilines is 1. The number of aromatic nitrogens is 2. The van der Waals surface area contributed by atoms with Gasteiger partial charge in [-0.2, -0.15) is 5.10 Å². The zero-order chi connectivity index (χ0) is 33.9. The van der Waals surface area contributed by atoms with Crippen LogP contribution in [0.25, 0.3) is 11.1 Å². The number of rotatable bonds is 9. The Hall–Kier alpha value is -3.85. The van der Waals surface area contributed by atoms with Gasteiger partial charge in [0.25, 0.3) is 0 Å². The number of benzene rings is 2. The van der Waals surface area contributed by atoms with Crippen LogP contribution >= 0.6 is 0 Å². The van der Waals surface area contributed by atoms with Crippen molar-refractivity contribution in [2.45, 2.75) is 89.2 Å². The fraction of sp³-hybridized carbons (Fsp3) is 0.575. The highest BCUT2D eigenvalue weighted by Crippen LogP contribution is 2.40. The van der Waals surface area contributed by atoms with Crippen LogP contribution in [0.2, 0.25) is 0 Å². The molecular formula is C40H53N5O4. The number of carbonyl (C=O) groups is 2. The summed E-state index contributed by atoms with van der Waals surface area (Å²) in [6.07, 6.45) is 13.6. The molecule has 0 spiro atoms. The van der Waals surface area contributed by atoms with Crippen molar-refractivity contribution in [2.75, 3.05) is 51.8 Å². The number of hydrogen-bond acceptors (Lipinski definition) is 6. The van der Waals surface area contributed by atoms with E-state index >= 15 is 0 Å². The summed E-state index contributed by atoms with van der Waals surface area (Å²) in [4.78, 5) is 33.5. The van der Waals surface area contributed by atoms with Crippen LogP contribution in [0, 0.1) is 18.8 Å². The van der Waals surface area contributed by atoms with Gasteiger partial charge < -0.3 is 24.2 Å². The van der Waals surface area contributed by atoms with Crippen molar-refractivity contribution in [3.8, 4) is 16.9 Å². The Morgan fingerprint density at radius 2 is 1.63 bits per heavy atom. The van der Waals surface area contributed by atoms with Gasteiger partial charge in [-0.3, -0.25) is 9.48 Å². The fourth-order valence-corrected chi connectivity index (χ4v) is 8.15. The molecule has 3 saturated carbocycles. The van der Waals surface area contributed by atoms with E-state index in [9.17, 15) is 9.59 Å². The Bertz CT molecular complexity index is 1590. The molecule has 0 atom stereocenters. The van der Waals surface area contributed by atoms with E-state index in [0.717, 1.165) is 93.6 Å². The van der Waals surface area contributed by atoms with Gasteiger partial charge in [0, 0.05) is 56.1 Å². The zero-order valence-electron chi connectivity index (χ0n) is 29.6. The molecule has 1 aliphatic heterocycles. The summed E-state index contributed by atoms with van der Waals surface area (Å²) in [5.41, 5.74) is 5.75. The standard InChI is InChI=1S/C40H53N5O4/c1-28-23-33(13-18-38(28)48-3)30-9-7-29(8-10-30)26-44(36-6-4-5-32(24-36)34-25-41-45(27-34)35-14-15-35)39(46)31-11-16-37(17-12-31)49-40(47)43-21-19-42(2)20-22-43/h4-6,13,18,23-25,27,29-31,35,37H,7-12,14-17,19-22,26H2,1-3H3/t29-,30-,31-,37-. The first-order valence-corrected chi connectivity index (χ1v) is 18.6. The van der Waals surface area contributed by atoms with E-state index in [-0.39, 0.29) is 24.0 Å². The van der Waals surface area contributed by atoms with Crippen molar-refractivity contribution in [2.24, 2.45) is 11.8 Å². The molecule has 2 heterocycles. The highest BCUT2D eigenvalue weighted by Gasteiger charge is 2.35. The maximum Gasteiger partial charge on any atom is 0.410 e. The number of piperazine rings is 1. The van der Waals surface area contributed by atoms with E-state index in [0.29, 0.717) is 31.0 Å². The molecule has 4 aliphatic rings. The minimum absolute atomic E-state index is 0.0709. The molecule has 9 nitrogen and oxygen atoms in total. The van der Waals surface area contributed by atoms with Gasteiger partial charge in [-0.25, -0.2) is 4.79 Å². The molecule has 262 valence electrons. The molecule has 2 amide bonds. The van der Waals surface area contributed by atoms with E-state index in [1.807, 2.05) is 11.1 Å². The smallest absolute Gasteiger partial charge is 0.410 e. The molecule has 0 bridgehead atoms. The second kappa shape index (κ2) is 15.0. The summed E-state index contributed by atoms with van der Waals surface area (Å²) in [6, 6.07) is 15.6. The van der Waals surface area contributed by atoms with Crippen molar-refractivity contribution in [1.82, 2.24) is 19.6 Å². The van der Waals surface area contributed by atoms with Gasteiger partial charge >= 0.3 is 6.09 Å². The number of ether oxygens (including phenoxy) is 2. The molecule has 9 heteroatoms. The molecule has 3 aromatic rings. The van der Waals surface area contributed by atoms with E-state index < -0.39 is 0 Å². The summed E-state index contributed by atoms with van der Waals surface area (Å²) < 4.78 is 13.5. The monoisotopic (exact) mass is 667 g/mol. The average molecular weight is 668 g/mol. The molecule has 1 saturated heterocycles. The van der Waals surface area contributed by atoms with Crippen molar-refractivity contribution in [3.63, 3.8) is 0 Å². The topological polar surface area (TPSA) is 80.1 Å². The van der Waals surface area contributed by atoms with Gasteiger partial charge in [0.15, 0.2) is 0 Å².